The third-order valence-electron chi connectivity index (χ3n) is 6.77. The summed E-state index contributed by atoms with van der Waals surface area (Å²) in [4.78, 5) is 17.0. The van der Waals surface area contributed by atoms with Crippen LogP contribution in [-0.4, -0.2) is 72.1 Å². The van der Waals surface area contributed by atoms with E-state index in [4.69, 9.17) is 5.84 Å². The largest absolute Gasteiger partial charge is 0.346 e. The summed E-state index contributed by atoms with van der Waals surface area (Å²) in [6, 6.07) is 2.77. The Kier molecular flexibility index (Phi) is 5.66. The van der Waals surface area contributed by atoms with Gasteiger partial charge in [-0.25, -0.2) is 10.8 Å². The molecule has 1 saturated heterocycles. The van der Waals surface area contributed by atoms with Gasteiger partial charge in [0, 0.05) is 43.4 Å². The fourth-order valence-corrected chi connectivity index (χ4v) is 4.86. The number of hydrogen-bond acceptors (Lipinski definition) is 6. The molecule has 3 N–H and O–H groups in total. The first kappa shape index (κ1) is 19.4. The molecule has 1 aliphatic carbocycles. The van der Waals surface area contributed by atoms with Crippen molar-refractivity contribution in [1.29, 1.82) is 0 Å². The molecule has 0 amide bonds. The van der Waals surface area contributed by atoms with Gasteiger partial charge in [-0.1, -0.05) is 6.92 Å². The van der Waals surface area contributed by atoms with Gasteiger partial charge in [0.05, 0.1) is 11.4 Å². The zero-order chi connectivity index (χ0) is 19.7. The maximum atomic E-state index is 6.22. The fourth-order valence-electron chi connectivity index (χ4n) is 4.86. The number of nitrogens with zero attached hydrogens (tertiary/aromatic N) is 5. The monoisotopic (exact) mass is 383 g/mol. The number of allylic oxidation sites excluding steroid dienone is 1. The summed E-state index contributed by atoms with van der Waals surface area (Å²) in [6.45, 7) is 10.9. The van der Waals surface area contributed by atoms with Crippen molar-refractivity contribution in [2.45, 2.75) is 38.6 Å². The van der Waals surface area contributed by atoms with Crippen LogP contribution < -0.4 is 5.84 Å². The number of H-pyrrole nitrogens is 1. The average molecular weight is 384 g/mol. The molecule has 2 fully saturated rings. The third-order valence-corrected chi connectivity index (χ3v) is 6.77. The van der Waals surface area contributed by atoms with E-state index in [2.05, 4.69) is 45.5 Å². The van der Waals surface area contributed by atoms with Gasteiger partial charge in [0.2, 0.25) is 0 Å². The first-order chi connectivity index (χ1) is 13.6. The number of aliphatic imine (C=N–C) groups is 2. The number of hydrogen-bond donors (Lipinski definition) is 2. The van der Waals surface area contributed by atoms with E-state index in [9.17, 15) is 0 Å². The van der Waals surface area contributed by atoms with Gasteiger partial charge >= 0.3 is 0 Å². The van der Waals surface area contributed by atoms with Gasteiger partial charge in [0.15, 0.2) is 0 Å². The highest BCUT2D eigenvalue weighted by atomic mass is 15.4. The Morgan fingerprint density at radius 1 is 1.36 bits per heavy atom. The summed E-state index contributed by atoms with van der Waals surface area (Å²) in [5, 5.41) is 1.59. The highest BCUT2D eigenvalue weighted by Gasteiger charge is 2.33. The topological polar surface area (TPSA) is 76.2 Å². The summed E-state index contributed by atoms with van der Waals surface area (Å²) in [5.41, 5.74) is 2.97. The molecule has 3 heterocycles. The second-order valence-electron chi connectivity index (χ2n) is 8.45. The molecule has 3 aliphatic rings. The Balaban J connectivity index is 1.37. The van der Waals surface area contributed by atoms with E-state index in [0.29, 0.717) is 5.92 Å². The molecule has 7 heteroatoms. The first-order valence-corrected chi connectivity index (χ1v) is 10.5. The number of likely N-dealkylation sites (tertiary alicyclic amines) is 1. The Morgan fingerprint density at radius 3 is 2.79 bits per heavy atom. The summed E-state index contributed by atoms with van der Waals surface area (Å²) in [7, 11) is 2.23. The third kappa shape index (κ3) is 3.66. The standard InChI is InChI=1S/C21H33N7/c1-4-26(3)17-12-27(13-17)11-15-5-7-16(8-6-15)19(23-2)20-18-9-10-24-21(18)25-14-28(20)22/h9-10,14-17,24H,2,4-8,11-13,22H2,1,3H3/b20-19-. The predicted molar refractivity (Wildman–Crippen MR) is 115 cm³/mol. The summed E-state index contributed by atoms with van der Waals surface area (Å²) < 4.78 is 0. The van der Waals surface area contributed by atoms with Crippen LogP contribution in [0.2, 0.25) is 0 Å². The lowest BCUT2D eigenvalue weighted by atomic mass is 9.79. The Morgan fingerprint density at radius 2 is 2.11 bits per heavy atom. The van der Waals surface area contributed by atoms with E-state index >= 15 is 0 Å². The smallest absolute Gasteiger partial charge is 0.141 e. The number of nitrogens with one attached hydrogen (secondary N) is 1. The van der Waals surface area contributed by atoms with Crippen molar-refractivity contribution in [2.75, 3.05) is 33.2 Å². The van der Waals surface area contributed by atoms with Crippen molar-refractivity contribution in [3.05, 3.63) is 23.5 Å². The van der Waals surface area contributed by atoms with E-state index in [1.807, 2.05) is 12.3 Å². The number of likely N-dealkylation sites (N-methyl/N-ethyl adjacent to an activating group) is 1. The Bertz CT molecular complexity index is 751. The van der Waals surface area contributed by atoms with Crippen LogP contribution in [0.1, 0.15) is 38.2 Å². The van der Waals surface area contributed by atoms with Crippen molar-refractivity contribution in [2.24, 2.45) is 27.7 Å². The van der Waals surface area contributed by atoms with Crippen LogP contribution in [0.25, 0.3) is 5.70 Å². The second-order valence-corrected chi connectivity index (χ2v) is 8.45. The van der Waals surface area contributed by atoms with Gasteiger partial charge in [0.1, 0.15) is 12.2 Å². The van der Waals surface area contributed by atoms with E-state index < -0.39 is 0 Å². The number of rotatable bonds is 6. The molecule has 0 atom stereocenters. The molecule has 28 heavy (non-hydrogen) atoms. The number of aromatic nitrogens is 1. The molecule has 0 unspecified atom stereocenters. The normalized spacial score (nSPS) is 27.6. The molecular weight excluding hydrogens is 350 g/mol. The molecule has 0 aromatic carbocycles. The molecule has 1 saturated carbocycles. The molecule has 0 spiro atoms. The lowest BCUT2D eigenvalue weighted by Gasteiger charge is -2.46. The molecule has 7 nitrogen and oxygen atoms in total. The van der Waals surface area contributed by atoms with Crippen LogP contribution in [-0.2, 0) is 0 Å². The minimum Gasteiger partial charge on any atom is -0.346 e. The van der Waals surface area contributed by atoms with Crippen LogP contribution in [0, 0.1) is 11.8 Å². The van der Waals surface area contributed by atoms with Crippen molar-refractivity contribution in [1.82, 2.24) is 19.8 Å². The van der Waals surface area contributed by atoms with E-state index in [1.165, 1.54) is 32.5 Å². The van der Waals surface area contributed by atoms with Crippen LogP contribution in [0.3, 0.4) is 0 Å². The van der Waals surface area contributed by atoms with Gasteiger partial charge in [-0.2, -0.15) is 0 Å². The van der Waals surface area contributed by atoms with Crippen molar-refractivity contribution in [3.63, 3.8) is 0 Å². The lowest BCUT2D eigenvalue weighted by Crippen LogP contribution is -2.59. The van der Waals surface area contributed by atoms with Crippen molar-refractivity contribution < 1.29 is 0 Å². The first-order valence-electron chi connectivity index (χ1n) is 10.5. The van der Waals surface area contributed by atoms with Crippen LogP contribution >= 0.6 is 0 Å². The highest BCUT2D eigenvalue weighted by molar-refractivity contribution is 5.87. The number of hydrazine groups is 1. The lowest BCUT2D eigenvalue weighted by molar-refractivity contribution is 0.0339. The van der Waals surface area contributed by atoms with Gasteiger partial charge < -0.3 is 9.88 Å². The van der Waals surface area contributed by atoms with Crippen LogP contribution in [0.4, 0.5) is 5.82 Å². The Labute approximate surface area is 168 Å². The van der Waals surface area contributed by atoms with Crippen molar-refractivity contribution >= 4 is 24.6 Å². The maximum Gasteiger partial charge on any atom is 0.141 e. The van der Waals surface area contributed by atoms with Crippen molar-refractivity contribution in [3.8, 4) is 0 Å². The minimum absolute atomic E-state index is 0.416. The summed E-state index contributed by atoms with van der Waals surface area (Å²) in [5.74, 6) is 8.27. The minimum atomic E-state index is 0.416. The van der Waals surface area contributed by atoms with E-state index in [0.717, 1.165) is 54.1 Å². The highest BCUT2D eigenvalue weighted by Crippen LogP contribution is 2.40. The van der Waals surface area contributed by atoms with E-state index in [-0.39, 0.29) is 0 Å². The second kappa shape index (κ2) is 8.19. The van der Waals surface area contributed by atoms with Gasteiger partial charge in [-0.05, 0) is 58.0 Å². The fraction of sp³-hybridized carbons (Fsp3) is 0.619. The molecule has 0 radical (unpaired) electrons. The Hall–Kier alpha value is -1.96. The predicted octanol–water partition coefficient (Wildman–Crippen LogP) is 2.68. The van der Waals surface area contributed by atoms with Gasteiger partial charge in [-0.15, -0.1) is 0 Å². The SMILES string of the molecule is C=N/C(=C1/c2cc[nH]c2N=CN1N)C1CCC(CN2CC(N(C)CC)C2)CC1. The molecule has 4 rings (SSSR count). The number of fused-ring (bicyclic) bond motifs is 1. The molecule has 1 aromatic heterocycles. The molecule has 152 valence electrons. The summed E-state index contributed by atoms with van der Waals surface area (Å²) >= 11 is 0. The number of aromatic amines is 1. The van der Waals surface area contributed by atoms with Gasteiger partial charge in [0.25, 0.3) is 0 Å². The van der Waals surface area contributed by atoms with Crippen LogP contribution in [0.15, 0.2) is 27.9 Å². The zero-order valence-electron chi connectivity index (χ0n) is 17.1. The van der Waals surface area contributed by atoms with E-state index in [1.54, 1.807) is 11.3 Å². The summed E-state index contributed by atoms with van der Waals surface area (Å²) in [6.07, 6.45) is 8.35. The van der Waals surface area contributed by atoms with Gasteiger partial charge in [-0.3, -0.25) is 14.9 Å². The number of nitrogens with two attached hydrogens (primary N) is 1. The molecular formula is C21H33N7. The molecule has 1 aromatic rings. The molecule has 2 aliphatic heterocycles. The maximum absolute atomic E-state index is 6.22. The average Bonchev–Trinajstić information content (AvgIpc) is 3.15. The molecule has 0 bridgehead atoms. The quantitative estimate of drug-likeness (QED) is 0.585. The van der Waals surface area contributed by atoms with Crippen LogP contribution in [0.5, 0.6) is 0 Å². The zero-order valence-corrected chi connectivity index (χ0v) is 17.1.